The van der Waals surface area contributed by atoms with Gasteiger partial charge in [0.1, 0.15) is 17.7 Å². The summed E-state index contributed by atoms with van der Waals surface area (Å²) in [5.41, 5.74) is 1.73. The van der Waals surface area contributed by atoms with Crippen LogP contribution in [0.1, 0.15) is 30.2 Å². The Morgan fingerprint density at radius 3 is 2.74 bits per heavy atom. The van der Waals surface area contributed by atoms with Crippen molar-refractivity contribution in [3.05, 3.63) is 42.1 Å². The predicted octanol–water partition coefficient (Wildman–Crippen LogP) is 1.87. The maximum Gasteiger partial charge on any atom is 0.282 e. The number of aromatic nitrogens is 5. The van der Waals surface area contributed by atoms with Crippen LogP contribution in [0, 0.1) is 0 Å². The average Bonchev–Trinajstić information content (AvgIpc) is 3.28. The van der Waals surface area contributed by atoms with Crippen LogP contribution < -0.4 is 0 Å². The van der Waals surface area contributed by atoms with Crippen molar-refractivity contribution < 1.29 is 17.2 Å². The largest absolute Gasteiger partial charge is 0.282 e. The van der Waals surface area contributed by atoms with Crippen LogP contribution in [-0.2, 0) is 10.0 Å². The summed E-state index contributed by atoms with van der Waals surface area (Å²) in [6, 6.07) is 4.44. The Morgan fingerprint density at radius 1 is 1.22 bits per heavy atom. The molecule has 11 heteroatoms. The Labute approximate surface area is 153 Å². The monoisotopic (exact) mass is 394 g/mol. The van der Waals surface area contributed by atoms with E-state index >= 15 is 0 Å². The van der Waals surface area contributed by atoms with Crippen LogP contribution in [0.5, 0.6) is 0 Å². The first kappa shape index (κ1) is 17.9. The van der Waals surface area contributed by atoms with Crippen LogP contribution in [-0.4, -0.2) is 56.6 Å². The van der Waals surface area contributed by atoms with Gasteiger partial charge in [0.05, 0.1) is 18.1 Å². The van der Waals surface area contributed by atoms with Crippen LogP contribution in [0.15, 0.2) is 30.7 Å². The number of hydrogen-bond acceptors (Lipinski definition) is 6. The molecule has 4 rings (SSSR count). The molecule has 1 saturated heterocycles. The zero-order valence-electron chi connectivity index (χ0n) is 14.3. The summed E-state index contributed by atoms with van der Waals surface area (Å²) in [6.45, 7) is 0.800. The van der Waals surface area contributed by atoms with E-state index in [4.69, 9.17) is 0 Å². The Morgan fingerprint density at radius 2 is 2.04 bits per heavy atom. The highest BCUT2D eigenvalue weighted by molar-refractivity contribution is 7.88. The number of alkyl halides is 2. The van der Waals surface area contributed by atoms with E-state index in [1.54, 1.807) is 6.07 Å². The second kappa shape index (κ2) is 6.57. The van der Waals surface area contributed by atoms with Gasteiger partial charge in [-0.05, 0) is 24.6 Å². The number of imidazole rings is 1. The third-order valence-electron chi connectivity index (χ3n) is 4.60. The number of fused-ring (bicyclic) bond motifs is 1. The van der Waals surface area contributed by atoms with Crippen molar-refractivity contribution in [1.82, 2.24) is 28.9 Å². The minimum absolute atomic E-state index is 0.0507. The van der Waals surface area contributed by atoms with Gasteiger partial charge in [-0.1, -0.05) is 0 Å². The zero-order chi connectivity index (χ0) is 19.2. The standard InChI is InChI=1S/C16H16F2N6O2S/c1-27(25,26)23-5-4-10(8-23)12-6-13(21-9-20-12)14-7-19-15-3-2-11(16(17)18)22-24(14)15/h2-3,6-7,9-10,16H,4-5,8H2,1H3. The van der Waals surface area contributed by atoms with Crippen molar-refractivity contribution in [3.63, 3.8) is 0 Å². The molecule has 1 atom stereocenters. The Hall–Kier alpha value is -2.53. The molecular formula is C16H16F2N6O2S. The second-order valence-electron chi connectivity index (χ2n) is 6.41. The Balaban J connectivity index is 1.69. The lowest BCUT2D eigenvalue weighted by atomic mass is 10.0. The molecule has 3 aromatic rings. The van der Waals surface area contributed by atoms with Crippen molar-refractivity contribution in [2.45, 2.75) is 18.8 Å². The van der Waals surface area contributed by atoms with Gasteiger partial charge in [-0.25, -0.2) is 41.0 Å². The number of nitrogens with zero attached hydrogens (tertiary/aromatic N) is 6. The van der Waals surface area contributed by atoms with E-state index in [2.05, 4.69) is 20.1 Å². The topological polar surface area (TPSA) is 93.4 Å². The van der Waals surface area contributed by atoms with Gasteiger partial charge in [-0.2, -0.15) is 5.10 Å². The first-order valence-corrected chi connectivity index (χ1v) is 10.1. The highest BCUT2D eigenvalue weighted by Gasteiger charge is 2.30. The zero-order valence-corrected chi connectivity index (χ0v) is 15.1. The summed E-state index contributed by atoms with van der Waals surface area (Å²) in [6.07, 6.45) is 2.05. The van der Waals surface area contributed by atoms with Gasteiger partial charge in [0.25, 0.3) is 6.43 Å². The van der Waals surface area contributed by atoms with E-state index in [-0.39, 0.29) is 11.6 Å². The van der Waals surface area contributed by atoms with Crippen molar-refractivity contribution in [2.24, 2.45) is 0 Å². The fourth-order valence-electron chi connectivity index (χ4n) is 3.19. The number of sulfonamides is 1. The van der Waals surface area contributed by atoms with Gasteiger partial charge in [-0.15, -0.1) is 0 Å². The van der Waals surface area contributed by atoms with Crippen LogP contribution in [0.2, 0.25) is 0 Å². The normalized spacial score (nSPS) is 18.6. The minimum Gasteiger partial charge on any atom is -0.241 e. The average molecular weight is 394 g/mol. The van der Waals surface area contributed by atoms with Gasteiger partial charge in [0.15, 0.2) is 5.65 Å². The van der Waals surface area contributed by atoms with E-state index in [1.807, 2.05) is 0 Å². The molecule has 142 valence electrons. The maximum atomic E-state index is 13.0. The molecule has 0 amide bonds. The summed E-state index contributed by atoms with van der Waals surface area (Å²) >= 11 is 0. The van der Waals surface area contributed by atoms with E-state index in [1.165, 1.54) is 39.7 Å². The predicted molar refractivity (Wildman–Crippen MR) is 92.7 cm³/mol. The van der Waals surface area contributed by atoms with E-state index in [9.17, 15) is 17.2 Å². The molecule has 0 spiro atoms. The van der Waals surface area contributed by atoms with Crippen LogP contribution in [0.3, 0.4) is 0 Å². The molecule has 1 fully saturated rings. The molecular weight excluding hydrogens is 378 g/mol. The molecule has 0 bridgehead atoms. The molecule has 1 unspecified atom stereocenters. The third kappa shape index (κ3) is 3.39. The van der Waals surface area contributed by atoms with Crippen molar-refractivity contribution in [3.8, 4) is 11.4 Å². The first-order valence-electron chi connectivity index (χ1n) is 8.23. The van der Waals surface area contributed by atoms with Gasteiger partial charge < -0.3 is 0 Å². The molecule has 0 N–H and O–H groups in total. The SMILES string of the molecule is CS(=O)(=O)N1CCC(c2cc(-c3cnc4ccc(C(F)F)nn34)ncn2)C1. The lowest BCUT2D eigenvalue weighted by molar-refractivity contribution is 0.144. The Kier molecular flexibility index (Phi) is 4.35. The highest BCUT2D eigenvalue weighted by atomic mass is 32.2. The van der Waals surface area contributed by atoms with Crippen molar-refractivity contribution in [2.75, 3.05) is 19.3 Å². The smallest absolute Gasteiger partial charge is 0.241 e. The first-order chi connectivity index (χ1) is 12.8. The molecule has 0 saturated carbocycles. The molecule has 4 heterocycles. The summed E-state index contributed by atoms with van der Waals surface area (Å²) < 4.78 is 52.1. The fraction of sp³-hybridized carbons (Fsp3) is 0.375. The quantitative estimate of drug-likeness (QED) is 0.671. The summed E-state index contributed by atoms with van der Waals surface area (Å²) in [7, 11) is -3.24. The van der Waals surface area contributed by atoms with E-state index in [0.29, 0.717) is 42.2 Å². The summed E-state index contributed by atoms with van der Waals surface area (Å²) in [5, 5.41) is 3.94. The van der Waals surface area contributed by atoms with Gasteiger partial charge >= 0.3 is 0 Å². The lowest BCUT2D eigenvalue weighted by Crippen LogP contribution is -2.27. The molecule has 1 aliphatic rings. The molecule has 0 aliphatic carbocycles. The van der Waals surface area contributed by atoms with Crippen molar-refractivity contribution >= 4 is 15.7 Å². The van der Waals surface area contributed by atoms with Crippen molar-refractivity contribution in [1.29, 1.82) is 0 Å². The molecule has 8 nitrogen and oxygen atoms in total. The maximum absolute atomic E-state index is 13.0. The molecule has 27 heavy (non-hydrogen) atoms. The highest BCUT2D eigenvalue weighted by Crippen LogP contribution is 2.29. The number of rotatable bonds is 4. The minimum atomic E-state index is -3.24. The summed E-state index contributed by atoms with van der Waals surface area (Å²) in [5.74, 6) is -0.0507. The van der Waals surface area contributed by atoms with Crippen LogP contribution >= 0.6 is 0 Å². The van der Waals surface area contributed by atoms with Crippen LogP contribution in [0.4, 0.5) is 8.78 Å². The summed E-state index contributed by atoms with van der Waals surface area (Å²) in [4.78, 5) is 12.7. The second-order valence-corrected chi connectivity index (χ2v) is 8.39. The molecule has 0 radical (unpaired) electrons. The Bertz CT molecular complexity index is 1100. The van der Waals surface area contributed by atoms with Gasteiger partial charge in [0, 0.05) is 24.7 Å². The fourth-order valence-corrected chi connectivity index (χ4v) is 4.07. The molecule has 1 aliphatic heterocycles. The number of hydrogen-bond donors (Lipinski definition) is 0. The third-order valence-corrected chi connectivity index (χ3v) is 5.87. The van der Waals surface area contributed by atoms with E-state index in [0.717, 1.165) is 0 Å². The van der Waals surface area contributed by atoms with Crippen LogP contribution in [0.25, 0.3) is 17.0 Å². The van der Waals surface area contributed by atoms with Gasteiger partial charge in [-0.3, -0.25) is 0 Å². The number of halogens is 2. The lowest BCUT2D eigenvalue weighted by Gasteiger charge is -2.13. The molecule has 3 aromatic heterocycles. The molecule has 0 aromatic carbocycles. The van der Waals surface area contributed by atoms with E-state index < -0.39 is 16.4 Å². The van der Waals surface area contributed by atoms with Gasteiger partial charge in [0.2, 0.25) is 10.0 Å².